The summed E-state index contributed by atoms with van der Waals surface area (Å²) >= 11 is 0. The number of hydrogen-bond donors (Lipinski definition) is 0. The molecule has 0 atom stereocenters. The highest BCUT2D eigenvalue weighted by molar-refractivity contribution is 5.45. The summed E-state index contributed by atoms with van der Waals surface area (Å²) in [5.41, 5.74) is 5.47. The average Bonchev–Trinajstić information content (AvgIpc) is 3.28. The van der Waals surface area contributed by atoms with Gasteiger partial charge < -0.3 is 14.0 Å². The fraction of sp³-hybridized carbons (Fsp3) is 0.360. The third-order valence-corrected chi connectivity index (χ3v) is 5.75. The quantitative estimate of drug-likeness (QED) is 0.449. The van der Waals surface area contributed by atoms with Crippen LogP contribution in [-0.4, -0.2) is 50.6 Å². The molecule has 5 rings (SSSR count). The van der Waals surface area contributed by atoms with E-state index in [1.54, 1.807) is 0 Å². The molecule has 32 heavy (non-hydrogen) atoms. The number of aryl methyl sites for hydroxylation is 1. The summed E-state index contributed by atoms with van der Waals surface area (Å²) < 4.78 is 7.55. The summed E-state index contributed by atoms with van der Waals surface area (Å²) in [6, 6.07) is 10.6. The maximum atomic E-state index is 5.54. The van der Waals surface area contributed by atoms with Crippen molar-refractivity contribution in [1.82, 2.24) is 24.3 Å². The molecule has 0 unspecified atom stereocenters. The van der Waals surface area contributed by atoms with Crippen LogP contribution < -0.4 is 4.90 Å². The van der Waals surface area contributed by atoms with Gasteiger partial charge >= 0.3 is 0 Å². The molecule has 7 heteroatoms. The zero-order valence-corrected chi connectivity index (χ0v) is 18.4. The Morgan fingerprint density at radius 1 is 0.875 bits per heavy atom. The van der Waals surface area contributed by atoms with Crippen molar-refractivity contribution >= 4 is 11.5 Å². The number of imidazole rings is 1. The van der Waals surface area contributed by atoms with Gasteiger partial charge in [0.05, 0.1) is 25.3 Å². The van der Waals surface area contributed by atoms with Crippen molar-refractivity contribution < 1.29 is 4.74 Å². The first-order valence-electron chi connectivity index (χ1n) is 11.3. The lowest BCUT2D eigenvalue weighted by atomic mass is 10.1. The van der Waals surface area contributed by atoms with Crippen molar-refractivity contribution in [1.29, 1.82) is 0 Å². The van der Waals surface area contributed by atoms with Crippen LogP contribution in [0.1, 0.15) is 41.7 Å². The Morgan fingerprint density at radius 3 is 2.66 bits per heavy atom. The summed E-state index contributed by atoms with van der Waals surface area (Å²) in [5, 5.41) is 0. The van der Waals surface area contributed by atoms with Crippen molar-refractivity contribution in [3.63, 3.8) is 0 Å². The van der Waals surface area contributed by atoms with Gasteiger partial charge in [-0.3, -0.25) is 4.98 Å². The lowest BCUT2D eigenvalue weighted by Crippen LogP contribution is -2.37. The SMILES string of the molecule is CCCc1ccnc(Cc2nc(Cc3ccn4ccnc4c3)cc(N3CCOCC3)n2)c1. The van der Waals surface area contributed by atoms with E-state index in [1.165, 1.54) is 11.1 Å². The van der Waals surface area contributed by atoms with Gasteiger partial charge in [0.1, 0.15) is 17.3 Å². The second kappa shape index (κ2) is 9.44. The van der Waals surface area contributed by atoms with Crippen LogP contribution in [0, 0.1) is 0 Å². The van der Waals surface area contributed by atoms with E-state index < -0.39 is 0 Å². The van der Waals surface area contributed by atoms with E-state index >= 15 is 0 Å². The molecular formula is C25H28N6O. The molecule has 0 aromatic carbocycles. The van der Waals surface area contributed by atoms with E-state index in [0.717, 1.165) is 74.2 Å². The Hall–Kier alpha value is -3.32. The molecule has 164 valence electrons. The second-order valence-electron chi connectivity index (χ2n) is 8.22. The number of aromatic nitrogens is 5. The van der Waals surface area contributed by atoms with E-state index in [1.807, 2.05) is 29.2 Å². The predicted octanol–water partition coefficient (Wildman–Crippen LogP) is 3.49. The van der Waals surface area contributed by atoms with Gasteiger partial charge in [-0.2, -0.15) is 0 Å². The van der Waals surface area contributed by atoms with Gasteiger partial charge in [0, 0.05) is 56.1 Å². The van der Waals surface area contributed by atoms with Gasteiger partial charge in [-0.05, 0) is 41.8 Å². The van der Waals surface area contributed by atoms with E-state index in [4.69, 9.17) is 14.7 Å². The van der Waals surface area contributed by atoms with Gasteiger partial charge in [0.2, 0.25) is 0 Å². The van der Waals surface area contributed by atoms with Crippen LogP contribution in [0.25, 0.3) is 5.65 Å². The Kier molecular flexibility index (Phi) is 6.07. The zero-order valence-electron chi connectivity index (χ0n) is 18.4. The minimum absolute atomic E-state index is 0.627. The highest BCUT2D eigenvalue weighted by atomic mass is 16.5. The summed E-state index contributed by atoms with van der Waals surface area (Å²) in [6.07, 6.45) is 11.3. The van der Waals surface area contributed by atoms with Crippen molar-refractivity contribution in [2.75, 3.05) is 31.2 Å². The first-order valence-corrected chi connectivity index (χ1v) is 11.3. The lowest BCUT2D eigenvalue weighted by Gasteiger charge is -2.28. The van der Waals surface area contributed by atoms with E-state index in [9.17, 15) is 0 Å². The molecule has 0 saturated carbocycles. The van der Waals surface area contributed by atoms with E-state index in [-0.39, 0.29) is 0 Å². The van der Waals surface area contributed by atoms with Crippen molar-refractivity contribution in [2.24, 2.45) is 0 Å². The Balaban J connectivity index is 1.45. The Bertz CT molecular complexity index is 1200. The largest absolute Gasteiger partial charge is 0.378 e. The fourth-order valence-corrected chi connectivity index (χ4v) is 4.16. The molecule has 5 heterocycles. The van der Waals surface area contributed by atoms with E-state index in [2.05, 4.69) is 52.1 Å². The molecule has 0 radical (unpaired) electrons. The standard InChI is InChI=1S/C25H28N6O/c1-2-3-19-4-6-26-21(14-19)17-23-28-22(18-25(29-23)31-10-12-32-13-11-31)15-20-5-8-30-9-7-27-24(30)16-20/h4-9,14,16,18H,2-3,10-13,15,17H2,1H3. The van der Waals surface area contributed by atoms with Crippen molar-refractivity contribution in [3.8, 4) is 0 Å². The van der Waals surface area contributed by atoms with Crippen LogP contribution in [0.5, 0.6) is 0 Å². The van der Waals surface area contributed by atoms with Crippen LogP contribution in [-0.2, 0) is 24.0 Å². The fourth-order valence-electron chi connectivity index (χ4n) is 4.16. The Morgan fingerprint density at radius 2 is 1.78 bits per heavy atom. The smallest absolute Gasteiger partial charge is 0.136 e. The molecule has 0 amide bonds. The maximum Gasteiger partial charge on any atom is 0.136 e. The highest BCUT2D eigenvalue weighted by Gasteiger charge is 2.16. The van der Waals surface area contributed by atoms with Crippen LogP contribution in [0.3, 0.4) is 0 Å². The number of hydrogen-bond acceptors (Lipinski definition) is 6. The van der Waals surface area contributed by atoms with Gasteiger partial charge in [0.15, 0.2) is 0 Å². The van der Waals surface area contributed by atoms with Crippen LogP contribution in [0.4, 0.5) is 5.82 Å². The minimum Gasteiger partial charge on any atom is -0.378 e. The molecule has 1 aliphatic rings. The molecule has 4 aromatic heterocycles. The normalized spacial score (nSPS) is 14.2. The first-order chi connectivity index (χ1) is 15.8. The lowest BCUT2D eigenvalue weighted by molar-refractivity contribution is 0.122. The summed E-state index contributed by atoms with van der Waals surface area (Å²) in [4.78, 5) is 21.1. The number of morpholine rings is 1. The van der Waals surface area contributed by atoms with Gasteiger partial charge in [0.25, 0.3) is 0 Å². The maximum absolute atomic E-state index is 5.54. The van der Waals surface area contributed by atoms with Crippen molar-refractivity contribution in [3.05, 3.63) is 83.5 Å². The van der Waals surface area contributed by atoms with Crippen molar-refractivity contribution in [2.45, 2.75) is 32.6 Å². The molecule has 1 saturated heterocycles. The molecule has 0 spiro atoms. The third kappa shape index (κ3) is 4.78. The van der Waals surface area contributed by atoms with Crippen LogP contribution in [0.2, 0.25) is 0 Å². The molecular weight excluding hydrogens is 400 g/mol. The number of ether oxygens (including phenoxy) is 1. The average molecular weight is 429 g/mol. The van der Waals surface area contributed by atoms with E-state index in [0.29, 0.717) is 6.42 Å². The monoisotopic (exact) mass is 428 g/mol. The highest BCUT2D eigenvalue weighted by Crippen LogP contribution is 2.19. The summed E-state index contributed by atoms with van der Waals surface area (Å²) in [6.45, 7) is 5.35. The number of fused-ring (bicyclic) bond motifs is 1. The molecule has 4 aromatic rings. The van der Waals surface area contributed by atoms with Gasteiger partial charge in [-0.25, -0.2) is 15.0 Å². The summed E-state index contributed by atoms with van der Waals surface area (Å²) in [5.74, 6) is 1.78. The zero-order chi connectivity index (χ0) is 21.8. The number of nitrogens with zero attached hydrogens (tertiary/aromatic N) is 6. The molecule has 7 nitrogen and oxygen atoms in total. The van der Waals surface area contributed by atoms with Gasteiger partial charge in [-0.1, -0.05) is 13.3 Å². The second-order valence-corrected chi connectivity index (χ2v) is 8.22. The number of rotatable bonds is 7. The third-order valence-electron chi connectivity index (χ3n) is 5.75. The van der Waals surface area contributed by atoms with Gasteiger partial charge in [-0.15, -0.1) is 0 Å². The molecule has 1 fully saturated rings. The Labute approximate surface area is 188 Å². The summed E-state index contributed by atoms with van der Waals surface area (Å²) in [7, 11) is 0. The number of anilines is 1. The number of pyridine rings is 2. The van der Waals surface area contributed by atoms with Crippen LogP contribution >= 0.6 is 0 Å². The van der Waals surface area contributed by atoms with Crippen LogP contribution in [0.15, 0.2) is 55.1 Å². The molecule has 0 aliphatic carbocycles. The molecule has 0 bridgehead atoms. The predicted molar refractivity (Wildman–Crippen MR) is 124 cm³/mol. The first kappa shape index (κ1) is 20.6. The topological polar surface area (TPSA) is 68.4 Å². The molecule has 1 aliphatic heterocycles. The molecule has 0 N–H and O–H groups in total. The minimum atomic E-state index is 0.627.